The van der Waals surface area contributed by atoms with E-state index in [9.17, 15) is 0 Å². The third-order valence-electron chi connectivity index (χ3n) is 1.83. The number of nitrogens with zero attached hydrogens (tertiary/aromatic N) is 3. The largest absolute Gasteiger partial charge is 0.284 e. The van der Waals surface area contributed by atoms with Crippen molar-refractivity contribution >= 4 is 6.08 Å². The Bertz CT molecular complexity index is 275. The van der Waals surface area contributed by atoms with Gasteiger partial charge in [-0.3, -0.25) is 9.58 Å². The molecule has 0 unspecified atom stereocenters. The van der Waals surface area contributed by atoms with Gasteiger partial charge in [0, 0.05) is 12.7 Å². The molecule has 0 aliphatic carbocycles. The van der Waals surface area contributed by atoms with Crippen LogP contribution in [0.25, 0.3) is 6.08 Å². The van der Waals surface area contributed by atoms with E-state index in [-0.39, 0.29) is 0 Å². The lowest BCUT2D eigenvalue weighted by atomic mass is 10.4. The smallest absolute Gasteiger partial charge is 0.0935 e. The molecule has 1 aliphatic heterocycles. The van der Waals surface area contributed by atoms with E-state index in [4.69, 9.17) is 0 Å². The van der Waals surface area contributed by atoms with Gasteiger partial charge in [0.05, 0.1) is 12.4 Å². The Kier molecular flexibility index (Phi) is 1.51. The molecular formula is C8H11N3. The van der Waals surface area contributed by atoms with Gasteiger partial charge in [0.15, 0.2) is 0 Å². The third-order valence-corrected chi connectivity index (χ3v) is 1.83. The summed E-state index contributed by atoms with van der Waals surface area (Å²) in [5.74, 6) is 0. The number of likely N-dealkylation sites (N-methyl/N-ethyl adjacent to an activating group) is 1. The van der Waals surface area contributed by atoms with Crippen LogP contribution in [0.15, 0.2) is 18.3 Å². The summed E-state index contributed by atoms with van der Waals surface area (Å²) in [6, 6.07) is 2.02. The zero-order valence-corrected chi connectivity index (χ0v) is 6.57. The molecule has 0 saturated heterocycles. The van der Waals surface area contributed by atoms with Crippen molar-refractivity contribution in [1.29, 1.82) is 0 Å². The van der Waals surface area contributed by atoms with Gasteiger partial charge in [0.1, 0.15) is 0 Å². The zero-order chi connectivity index (χ0) is 7.68. The quantitative estimate of drug-likeness (QED) is 0.544. The highest BCUT2D eigenvalue weighted by molar-refractivity contribution is 5.44. The number of hydrogen-bond donors (Lipinski definition) is 0. The minimum absolute atomic E-state index is 0.884. The lowest BCUT2D eigenvalue weighted by Crippen LogP contribution is -2.21. The predicted octanol–water partition coefficient (Wildman–Crippen LogP) is 0.799. The second-order valence-electron chi connectivity index (χ2n) is 2.84. The first-order chi connectivity index (χ1) is 5.36. The van der Waals surface area contributed by atoms with Crippen molar-refractivity contribution in [3.63, 3.8) is 0 Å². The van der Waals surface area contributed by atoms with Crippen LogP contribution in [0.3, 0.4) is 0 Å². The molecule has 0 N–H and O–H groups in total. The molecule has 3 nitrogen and oxygen atoms in total. The minimum Gasteiger partial charge on any atom is -0.284 e. The first-order valence-electron chi connectivity index (χ1n) is 3.73. The fraction of sp³-hybridized carbons (Fsp3) is 0.375. The fourth-order valence-electron chi connectivity index (χ4n) is 1.24. The standard InChI is InChI=1S/C8H11N3/c1-10-6-2-3-8-4-5-9-11(8)7-10/h2-5H,6-7H2,1H3. The molecule has 58 valence electrons. The third kappa shape index (κ3) is 1.19. The second kappa shape index (κ2) is 2.51. The van der Waals surface area contributed by atoms with E-state index in [0.29, 0.717) is 0 Å². The van der Waals surface area contributed by atoms with Gasteiger partial charge in [0.2, 0.25) is 0 Å². The molecule has 2 rings (SSSR count). The van der Waals surface area contributed by atoms with E-state index >= 15 is 0 Å². The molecule has 0 amide bonds. The van der Waals surface area contributed by atoms with Crippen molar-refractivity contribution in [3.8, 4) is 0 Å². The Morgan fingerprint density at radius 2 is 2.45 bits per heavy atom. The molecule has 0 radical (unpaired) electrons. The van der Waals surface area contributed by atoms with Gasteiger partial charge >= 0.3 is 0 Å². The summed E-state index contributed by atoms with van der Waals surface area (Å²) in [4.78, 5) is 2.21. The summed E-state index contributed by atoms with van der Waals surface area (Å²) >= 11 is 0. The van der Waals surface area contributed by atoms with Gasteiger partial charge in [-0.25, -0.2) is 0 Å². The second-order valence-corrected chi connectivity index (χ2v) is 2.84. The molecular weight excluding hydrogens is 138 g/mol. The highest BCUT2D eigenvalue weighted by Gasteiger charge is 2.04. The van der Waals surface area contributed by atoms with Crippen molar-refractivity contribution in [1.82, 2.24) is 14.7 Å². The van der Waals surface area contributed by atoms with Crippen molar-refractivity contribution in [3.05, 3.63) is 24.0 Å². The monoisotopic (exact) mass is 149 g/mol. The van der Waals surface area contributed by atoms with Gasteiger partial charge < -0.3 is 0 Å². The van der Waals surface area contributed by atoms with Crippen LogP contribution >= 0.6 is 0 Å². The first-order valence-corrected chi connectivity index (χ1v) is 3.73. The maximum absolute atomic E-state index is 4.19. The highest BCUT2D eigenvalue weighted by Crippen LogP contribution is 2.06. The molecule has 0 saturated carbocycles. The summed E-state index contributed by atoms with van der Waals surface area (Å²) < 4.78 is 1.99. The molecule has 0 spiro atoms. The Hall–Kier alpha value is -1.09. The van der Waals surface area contributed by atoms with Crippen LogP contribution in [0.5, 0.6) is 0 Å². The molecule has 2 heterocycles. The topological polar surface area (TPSA) is 21.1 Å². The van der Waals surface area contributed by atoms with Crippen molar-refractivity contribution in [2.24, 2.45) is 0 Å². The van der Waals surface area contributed by atoms with Gasteiger partial charge in [-0.15, -0.1) is 0 Å². The molecule has 1 aromatic rings. The van der Waals surface area contributed by atoms with Crippen LogP contribution in [0, 0.1) is 0 Å². The lowest BCUT2D eigenvalue weighted by Gasteiger charge is -2.12. The van der Waals surface area contributed by atoms with E-state index in [1.165, 1.54) is 5.69 Å². The van der Waals surface area contributed by atoms with E-state index < -0.39 is 0 Å². The summed E-state index contributed by atoms with van der Waals surface area (Å²) in [5, 5.41) is 4.19. The van der Waals surface area contributed by atoms with Gasteiger partial charge in [-0.05, 0) is 19.2 Å². The molecule has 0 bridgehead atoms. The van der Waals surface area contributed by atoms with Gasteiger partial charge in [-0.2, -0.15) is 5.10 Å². The van der Waals surface area contributed by atoms with Crippen LogP contribution in [0.1, 0.15) is 5.69 Å². The molecule has 1 aromatic heterocycles. The van der Waals surface area contributed by atoms with Crippen LogP contribution < -0.4 is 0 Å². The number of aromatic nitrogens is 2. The normalized spacial score (nSPS) is 17.9. The number of fused-ring (bicyclic) bond motifs is 1. The zero-order valence-electron chi connectivity index (χ0n) is 6.57. The molecule has 0 fully saturated rings. The summed E-state index contributed by atoms with van der Waals surface area (Å²) in [6.07, 6.45) is 6.09. The van der Waals surface area contributed by atoms with Crippen molar-refractivity contribution < 1.29 is 0 Å². The van der Waals surface area contributed by atoms with Crippen molar-refractivity contribution in [2.45, 2.75) is 6.67 Å². The van der Waals surface area contributed by atoms with E-state index in [1.807, 2.05) is 16.9 Å². The van der Waals surface area contributed by atoms with Crippen LogP contribution in [-0.2, 0) is 6.67 Å². The predicted molar refractivity (Wildman–Crippen MR) is 43.9 cm³/mol. The minimum atomic E-state index is 0.884. The molecule has 1 aliphatic rings. The molecule has 0 aromatic carbocycles. The molecule has 3 heteroatoms. The Morgan fingerprint density at radius 3 is 3.36 bits per heavy atom. The van der Waals surface area contributed by atoms with Crippen LogP contribution in [0.4, 0.5) is 0 Å². The lowest BCUT2D eigenvalue weighted by molar-refractivity contribution is 0.282. The first kappa shape index (κ1) is 6.61. The Balaban J connectivity index is 2.37. The Labute approximate surface area is 65.9 Å². The van der Waals surface area contributed by atoms with Gasteiger partial charge in [0.25, 0.3) is 0 Å². The summed E-state index contributed by atoms with van der Waals surface area (Å²) in [7, 11) is 2.08. The highest BCUT2D eigenvalue weighted by atomic mass is 15.4. The van der Waals surface area contributed by atoms with Crippen LogP contribution in [0.2, 0.25) is 0 Å². The van der Waals surface area contributed by atoms with Crippen LogP contribution in [-0.4, -0.2) is 28.3 Å². The average molecular weight is 149 g/mol. The van der Waals surface area contributed by atoms with Crippen molar-refractivity contribution in [2.75, 3.05) is 13.6 Å². The fourth-order valence-corrected chi connectivity index (χ4v) is 1.24. The van der Waals surface area contributed by atoms with E-state index in [2.05, 4.69) is 29.2 Å². The maximum atomic E-state index is 4.19. The SMILES string of the molecule is CN1CC=Cc2ccnn2C1. The number of hydrogen-bond acceptors (Lipinski definition) is 2. The summed E-state index contributed by atoms with van der Waals surface area (Å²) in [6.45, 7) is 1.89. The average Bonchev–Trinajstić information content (AvgIpc) is 2.31. The van der Waals surface area contributed by atoms with E-state index in [1.54, 1.807) is 0 Å². The number of rotatable bonds is 0. The summed E-state index contributed by atoms with van der Waals surface area (Å²) in [5.41, 5.74) is 1.19. The Morgan fingerprint density at radius 1 is 1.55 bits per heavy atom. The molecule has 0 atom stereocenters. The maximum Gasteiger partial charge on any atom is 0.0935 e. The van der Waals surface area contributed by atoms with Gasteiger partial charge in [-0.1, -0.05) is 6.08 Å². The molecule has 11 heavy (non-hydrogen) atoms. The van der Waals surface area contributed by atoms with E-state index in [0.717, 1.165) is 13.2 Å².